The van der Waals surface area contributed by atoms with E-state index in [1.54, 1.807) is 18.2 Å². The van der Waals surface area contributed by atoms with E-state index in [4.69, 9.17) is 14.7 Å². The molecule has 1 aromatic carbocycles. The zero-order valence-corrected chi connectivity index (χ0v) is 8.41. The van der Waals surface area contributed by atoms with E-state index in [9.17, 15) is 9.59 Å². The molecule has 1 aliphatic heterocycles. The molecule has 0 aliphatic carbocycles. The van der Waals surface area contributed by atoms with Crippen molar-refractivity contribution < 1.29 is 19.5 Å². The lowest BCUT2D eigenvalue weighted by molar-refractivity contribution is -0.00454. The molecule has 1 aliphatic rings. The Hall–Kier alpha value is -2.57. The molecular weight excluding hydrogens is 228 g/mol. The van der Waals surface area contributed by atoms with Crippen LogP contribution in [0, 0.1) is 0 Å². The van der Waals surface area contributed by atoms with Crippen molar-refractivity contribution >= 4 is 16.9 Å². The highest BCUT2D eigenvalue weighted by Crippen LogP contribution is 2.23. The SMILES string of the molecule is O=C(O)c1nn2c3cccc(c3c1=O)OCO2. The number of ether oxygens (including phenoxy) is 1. The minimum Gasteiger partial charge on any atom is -0.476 e. The Morgan fingerprint density at radius 1 is 1.47 bits per heavy atom. The fraction of sp³-hybridized carbons (Fsp3) is 0.100. The Morgan fingerprint density at radius 2 is 2.29 bits per heavy atom. The van der Waals surface area contributed by atoms with Crippen molar-refractivity contribution in [3.05, 3.63) is 34.1 Å². The van der Waals surface area contributed by atoms with Crippen molar-refractivity contribution in [1.29, 1.82) is 0 Å². The quantitative estimate of drug-likeness (QED) is 0.739. The van der Waals surface area contributed by atoms with E-state index in [0.717, 1.165) is 4.85 Å². The number of nitrogens with zero attached hydrogens (tertiary/aromatic N) is 2. The molecule has 2 aromatic rings. The fourth-order valence-corrected chi connectivity index (χ4v) is 1.71. The zero-order chi connectivity index (χ0) is 12.0. The first-order valence-electron chi connectivity index (χ1n) is 4.74. The number of carbonyl (C=O) groups is 1. The van der Waals surface area contributed by atoms with Gasteiger partial charge in [-0.2, -0.15) is 0 Å². The van der Waals surface area contributed by atoms with E-state index < -0.39 is 17.1 Å². The summed E-state index contributed by atoms with van der Waals surface area (Å²) in [5.74, 6) is -1.10. The predicted molar refractivity (Wildman–Crippen MR) is 55.0 cm³/mol. The van der Waals surface area contributed by atoms with E-state index in [-0.39, 0.29) is 12.2 Å². The van der Waals surface area contributed by atoms with Crippen molar-refractivity contribution in [3.63, 3.8) is 0 Å². The third-order valence-electron chi connectivity index (χ3n) is 2.44. The second kappa shape index (κ2) is 3.21. The van der Waals surface area contributed by atoms with Crippen LogP contribution < -0.4 is 15.0 Å². The Morgan fingerprint density at radius 3 is 3.06 bits per heavy atom. The first-order valence-corrected chi connectivity index (χ1v) is 4.74. The lowest BCUT2D eigenvalue weighted by Crippen LogP contribution is -2.25. The smallest absolute Gasteiger partial charge is 0.360 e. The molecule has 17 heavy (non-hydrogen) atoms. The second-order valence-corrected chi connectivity index (χ2v) is 3.40. The molecule has 7 heteroatoms. The summed E-state index contributed by atoms with van der Waals surface area (Å²) in [6.07, 6.45) is 0. The Bertz CT molecular complexity index is 691. The molecule has 0 saturated carbocycles. The Balaban J connectivity index is 2.55. The molecule has 0 atom stereocenters. The van der Waals surface area contributed by atoms with Crippen LogP contribution in [0.4, 0.5) is 0 Å². The Labute approximate surface area is 93.8 Å². The van der Waals surface area contributed by atoms with Crippen LogP contribution in [0.2, 0.25) is 0 Å². The van der Waals surface area contributed by atoms with Crippen LogP contribution in [0.25, 0.3) is 10.9 Å². The molecule has 86 valence electrons. The van der Waals surface area contributed by atoms with E-state index >= 15 is 0 Å². The molecule has 3 rings (SSSR count). The zero-order valence-electron chi connectivity index (χ0n) is 8.41. The van der Waals surface area contributed by atoms with Crippen LogP contribution in [0.3, 0.4) is 0 Å². The van der Waals surface area contributed by atoms with Gasteiger partial charge < -0.3 is 14.7 Å². The fourth-order valence-electron chi connectivity index (χ4n) is 1.71. The van der Waals surface area contributed by atoms with Gasteiger partial charge in [-0.3, -0.25) is 4.79 Å². The Kier molecular flexibility index (Phi) is 1.82. The molecule has 1 aromatic heterocycles. The number of hydrogen-bond acceptors (Lipinski definition) is 5. The highest BCUT2D eigenvalue weighted by Gasteiger charge is 2.22. The number of aromatic carboxylic acids is 1. The molecular formula is C10H6N2O5. The molecule has 0 amide bonds. The van der Waals surface area contributed by atoms with E-state index in [2.05, 4.69) is 5.10 Å². The standard InChI is InChI=1S/C10H6N2O5/c13-9-7-5-2-1-3-6(7)16-4-17-12(5)11-8(9)10(14)15/h1-3H,4H2,(H,14,15). The number of aromatic nitrogens is 2. The van der Waals surface area contributed by atoms with Gasteiger partial charge in [-0.05, 0) is 12.1 Å². The maximum absolute atomic E-state index is 11.9. The van der Waals surface area contributed by atoms with Crippen molar-refractivity contribution in [1.82, 2.24) is 9.94 Å². The van der Waals surface area contributed by atoms with Crippen LogP contribution in [-0.2, 0) is 0 Å². The summed E-state index contributed by atoms with van der Waals surface area (Å²) in [4.78, 5) is 28.9. The van der Waals surface area contributed by atoms with Gasteiger partial charge in [-0.15, -0.1) is 5.10 Å². The van der Waals surface area contributed by atoms with Gasteiger partial charge in [-0.1, -0.05) is 10.9 Å². The molecule has 2 heterocycles. The lowest BCUT2D eigenvalue weighted by atomic mass is 10.2. The molecule has 0 unspecified atom stereocenters. The first-order chi connectivity index (χ1) is 8.18. The van der Waals surface area contributed by atoms with Crippen LogP contribution in [0.15, 0.2) is 23.0 Å². The molecule has 1 N–H and O–H groups in total. The number of rotatable bonds is 1. The van der Waals surface area contributed by atoms with Gasteiger partial charge in [0.2, 0.25) is 11.1 Å². The second-order valence-electron chi connectivity index (χ2n) is 3.40. The van der Waals surface area contributed by atoms with Gasteiger partial charge in [0.25, 0.3) is 6.79 Å². The van der Waals surface area contributed by atoms with Crippen LogP contribution in [0.5, 0.6) is 5.75 Å². The highest BCUT2D eigenvalue weighted by atomic mass is 16.8. The summed E-state index contributed by atoms with van der Waals surface area (Å²) in [7, 11) is 0. The average molecular weight is 234 g/mol. The van der Waals surface area contributed by atoms with Crippen molar-refractivity contribution in [2.45, 2.75) is 0 Å². The first kappa shape index (κ1) is 9.64. The van der Waals surface area contributed by atoms with Crippen molar-refractivity contribution in [2.24, 2.45) is 0 Å². The number of benzene rings is 1. The molecule has 0 saturated heterocycles. The minimum absolute atomic E-state index is 0.135. The minimum atomic E-state index is -1.40. The topological polar surface area (TPSA) is 90.7 Å². The number of carboxylic acid groups (broad SMARTS) is 1. The molecule has 0 spiro atoms. The maximum atomic E-state index is 11.9. The molecule has 0 radical (unpaired) electrons. The monoisotopic (exact) mass is 234 g/mol. The van der Waals surface area contributed by atoms with Crippen LogP contribution >= 0.6 is 0 Å². The summed E-state index contributed by atoms with van der Waals surface area (Å²) in [6.45, 7) is -0.135. The normalized spacial score (nSPS) is 12.9. The summed E-state index contributed by atoms with van der Waals surface area (Å²) in [5, 5.41) is 12.7. The summed E-state index contributed by atoms with van der Waals surface area (Å²) < 4.78 is 5.19. The van der Waals surface area contributed by atoms with Crippen molar-refractivity contribution in [2.75, 3.05) is 6.79 Å². The van der Waals surface area contributed by atoms with E-state index in [1.807, 2.05) is 0 Å². The summed E-state index contributed by atoms with van der Waals surface area (Å²) in [5.41, 5.74) is -0.879. The van der Waals surface area contributed by atoms with Crippen LogP contribution in [-0.4, -0.2) is 27.8 Å². The van der Waals surface area contributed by atoms with E-state index in [1.165, 1.54) is 0 Å². The van der Waals surface area contributed by atoms with E-state index in [0.29, 0.717) is 11.3 Å². The highest BCUT2D eigenvalue weighted by molar-refractivity contribution is 5.92. The predicted octanol–water partition coefficient (Wildman–Crippen LogP) is -0.127. The maximum Gasteiger partial charge on any atom is 0.360 e. The van der Waals surface area contributed by atoms with Gasteiger partial charge in [0.1, 0.15) is 11.3 Å². The summed E-state index contributed by atoms with van der Waals surface area (Å²) in [6, 6.07) is 4.85. The van der Waals surface area contributed by atoms with Gasteiger partial charge in [-0.25, -0.2) is 4.79 Å². The molecule has 4 bridgehead atoms. The van der Waals surface area contributed by atoms with Gasteiger partial charge in [0.05, 0.1) is 5.39 Å². The molecule has 0 fully saturated rings. The van der Waals surface area contributed by atoms with Gasteiger partial charge in [0.15, 0.2) is 0 Å². The number of carboxylic acids is 1. The number of hydrogen-bond donors (Lipinski definition) is 1. The lowest BCUT2D eigenvalue weighted by Gasteiger charge is -2.05. The average Bonchev–Trinajstić information content (AvgIpc) is 2.38. The van der Waals surface area contributed by atoms with Crippen LogP contribution in [0.1, 0.15) is 10.5 Å². The molecule has 7 nitrogen and oxygen atoms in total. The largest absolute Gasteiger partial charge is 0.476 e. The van der Waals surface area contributed by atoms with Gasteiger partial charge >= 0.3 is 5.97 Å². The third-order valence-corrected chi connectivity index (χ3v) is 2.44. The van der Waals surface area contributed by atoms with Crippen molar-refractivity contribution in [3.8, 4) is 5.75 Å². The summed E-state index contributed by atoms with van der Waals surface area (Å²) >= 11 is 0. The van der Waals surface area contributed by atoms with Gasteiger partial charge in [0, 0.05) is 0 Å². The third kappa shape index (κ3) is 1.25.